The van der Waals surface area contributed by atoms with Crippen LogP contribution in [-0.4, -0.2) is 25.8 Å². The van der Waals surface area contributed by atoms with Gasteiger partial charge in [0.1, 0.15) is 0 Å². The number of anilines is 6. The molecule has 1 aliphatic carbocycles. The molecule has 2 unspecified atom stereocenters. The van der Waals surface area contributed by atoms with Crippen molar-refractivity contribution < 1.29 is 18.9 Å². The van der Waals surface area contributed by atoms with E-state index in [0.29, 0.717) is 13.2 Å². The summed E-state index contributed by atoms with van der Waals surface area (Å²) in [5.74, 6) is 0. The topological polar surface area (TPSA) is 43.4 Å². The van der Waals surface area contributed by atoms with Gasteiger partial charge in [-0.25, -0.2) is 0 Å². The second kappa shape index (κ2) is 19.9. The van der Waals surface area contributed by atoms with E-state index in [0.717, 1.165) is 104 Å². The number of aryl methyl sites for hydroxylation is 2. The van der Waals surface area contributed by atoms with Crippen molar-refractivity contribution in [3.05, 3.63) is 179 Å². The molecule has 320 valence electrons. The van der Waals surface area contributed by atoms with E-state index in [9.17, 15) is 0 Å². The summed E-state index contributed by atoms with van der Waals surface area (Å²) < 4.78 is 24.0. The smallest absolute Gasteiger partial charge is 0.158 e. The first-order valence-electron chi connectivity index (χ1n) is 23.1. The van der Waals surface area contributed by atoms with Crippen LogP contribution in [0.2, 0.25) is 0 Å². The van der Waals surface area contributed by atoms with Gasteiger partial charge in [-0.15, -0.1) is 0 Å². The molecule has 9 rings (SSSR count). The Morgan fingerprint density at radius 3 is 1.10 bits per heavy atom. The number of hydrogen-bond donors (Lipinski definition) is 0. The van der Waals surface area contributed by atoms with E-state index < -0.39 is 0 Å². The molecule has 2 atom stereocenters. The summed E-state index contributed by atoms with van der Waals surface area (Å²) in [4.78, 5) is 4.73. The molecular formula is C56H62N2O4. The lowest BCUT2D eigenvalue weighted by Gasteiger charge is -2.39. The molecule has 2 aliphatic heterocycles. The first kappa shape index (κ1) is 42.1. The van der Waals surface area contributed by atoms with Gasteiger partial charge in [0, 0.05) is 52.8 Å². The van der Waals surface area contributed by atoms with Crippen molar-refractivity contribution in [2.45, 2.75) is 116 Å². The van der Waals surface area contributed by atoms with E-state index in [-0.39, 0.29) is 18.0 Å². The van der Waals surface area contributed by atoms with Crippen molar-refractivity contribution in [3.63, 3.8) is 0 Å². The third-order valence-corrected chi connectivity index (χ3v) is 13.2. The van der Waals surface area contributed by atoms with Gasteiger partial charge in [0.05, 0.1) is 13.2 Å². The molecule has 0 spiro atoms. The molecule has 0 amide bonds. The number of ether oxygens (including phenoxy) is 4. The summed E-state index contributed by atoms with van der Waals surface area (Å²) in [6.45, 7) is 6.94. The van der Waals surface area contributed by atoms with Gasteiger partial charge in [-0.1, -0.05) is 103 Å². The maximum absolute atomic E-state index is 6.14. The molecule has 62 heavy (non-hydrogen) atoms. The van der Waals surface area contributed by atoms with Gasteiger partial charge in [-0.3, -0.25) is 0 Å². The third kappa shape index (κ3) is 9.85. The Bertz CT molecular complexity index is 2180. The van der Waals surface area contributed by atoms with Gasteiger partial charge < -0.3 is 28.7 Å². The summed E-state index contributed by atoms with van der Waals surface area (Å²) in [5, 5.41) is 0. The van der Waals surface area contributed by atoms with Crippen molar-refractivity contribution in [3.8, 4) is 0 Å². The van der Waals surface area contributed by atoms with Crippen molar-refractivity contribution >= 4 is 34.1 Å². The standard InChI is InChI=1S/C56H62N2O4/c1-42-12-24-48(25-13-42)57(49-26-14-43(2)15-27-49)52-32-20-46(21-33-52)56(36-6-3-7-37-56)47-22-34-53(35-23-47)58(50-28-16-44(17-29-50)40-61-54-10-4-8-38-59-54)51-30-18-45(19-31-51)41-62-55-11-5-9-39-60-55/h12-35,54-55H,3-11,36-41H2,1-2H3. The lowest BCUT2D eigenvalue weighted by atomic mass is 9.65. The monoisotopic (exact) mass is 826 g/mol. The molecule has 0 bridgehead atoms. The summed E-state index contributed by atoms with van der Waals surface area (Å²) in [5.41, 5.74) is 14.3. The molecular weight excluding hydrogens is 765 g/mol. The van der Waals surface area contributed by atoms with E-state index in [1.165, 1.54) is 47.2 Å². The zero-order chi connectivity index (χ0) is 42.1. The molecule has 0 aromatic heterocycles. The highest BCUT2D eigenvalue weighted by atomic mass is 16.7. The molecule has 2 heterocycles. The van der Waals surface area contributed by atoms with Gasteiger partial charge in [-0.2, -0.15) is 0 Å². The van der Waals surface area contributed by atoms with Crippen molar-refractivity contribution in [2.75, 3.05) is 23.0 Å². The summed E-state index contributed by atoms with van der Waals surface area (Å²) in [6, 6.07) is 54.2. The number of benzene rings is 6. The Morgan fingerprint density at radius 2 is 0.758 bits per heavy atom. The van der Waals surface area contributed by atoms with Crippen LogP contribution in [0.3, 0.4) is 0 Å². The zero-order valence-corrected chi connectivity index (χ0v) is 36.6. The quantitative estimate of drug-likeness (QED) is 0.109. The molecule has 3 aliphatic rings. The number of rotatable bonds is 14. The number of hydrogen-bond acceptors (Lipinski definition) is 6. The second-order valence-electron chi connectivity index (χ2n) is 17.6. The van der Waals surface area contributed by atoms with Gasteiger partial charge in [-0.05, 0) is 160 Å². The molecule has 1 saturated carbocycles. The minimum atomic E-state index is -0.108. The van der Waals surface area contributed by atoms with Gasteiger partial charge in [0.15, 0.2) is 12.6 Å². The second-order valence-corrected chi connectivity index (χ2v) is 17.6. The highest BCUT2D eigenvalue weighted by Gasteiger charge is 2.36. The van der Waals surface area contributed by atoms with Crippen LogP contribution in [0.1, 0.15) is 104 Å². The van der Waals surface area contributed by atoms with Crippen molar-refractivity contribution in [1.29, 1.82) is 0 Å². The summed E-state index contributed by atoms with van der Waals surface area (Å²) in [6.07, 6.45) is 12.3. The summed E-state index contributed by atoms with van der Waals surface area (Å²) >= 11 is 0. The average molecular weight is 827 g/mol. The van der Waals surface area contributed by atoms with Crippen LogP contribution in [0, 0.1) is 13.8 Å². The van der Waals surface area contributed by atoms with E-state index in [1.807, 2.05) is 0 Å². The van der Waals surface area contributed by atoms with E-state index >= 15 is 0 Å². The predicted molar refractivity (Wildman–Crippen MR) is 252 cm³/mol. The van der Waals surface area contributed by atoms with Gasteiger partial charge >= 0.3 is 0 Å². The predicted octanol–water partition coefficient (Wildman–Crippen LogP) is 14.6. The molecule has 3 fully saturated rings. The third-order valence-electron chi connectivity index (χ3n) is 13.2. The maximum Gasteiger partial charge on any atom is 0.158 e. The Kier molecular flexibility index (Phi) is 13.5. The van der Waals surface area contributed by atoms with Crippen LogP contribution >= 0.6 is 0 Å². The van der Waals surface area contributed by atoms with Gasteiger partial charge in [0.2, 0.25) is 0 Å². The Labute approximate surface area is 369 Å². The Balaban J connectivity index is 1.00. The minimum absolute atomic E-state index is 0.0495. The van der Waals surface area contributed by atoms with Crippen LogP contribution in [0.15, 0.2) is 146 Å². The van der Waals surface area contributed by atoms with E-state index in [1.54, 1.807) is 0 Å². The van der Waals surface area contributed by atoms with Crippen LogP contribution in [0.25, 0.3) is 0 Å². The zero-order valence-electron chi connectivity index (χ0n) is 36.6. The Hall–Kier alpha value is -5.24. The molecule has 6 nitrogen and oxygen atoms in total. The largest absolute Gasteiger partial charge is 0.353 e. The van der Waals surface area contributed by atoms with Crippen LogP contribution in [0.5, 0.6) is 0 Å². The van der Waals surface area contributed by atoms with Crippen molar-refractivity contribution in [2.24, 2.45) is 0 Å². The molecule has 0 radical (unpaired) electrons. The van der Waals surface area contributed by atoms with Crippen LogP contribution in [-0.2, 0) is 37.6 Å². The van der Waals surface area contributed by atoms with Crippen LogP contribution in [0.4, 0.5) is 34.1 Å². The van der Waals surface area contributed by atoms with E-state index in [4.69, 9.17) is 18.9 Å². The normalized spacial score (nSPS) is 18.9. The molecule has 6 aromatic rings. The fourth-order valence-electron chi connectivity index (χ4n) is 9.59. The fraction of sp³-hybridized carbons (Fsp3) is 0.357. The first-order chi connectivity index (χ1) is 30.5. The minimum Gasteiger partial charge on any atom is -0.353 e. The molecule has 0 N–H and O–H groups in total. The molecule has 2 saturated heterocycles. The van der Waals surface area contributed by atoms with Gasteiger partial charge in [0.25, 0.3) is 0 Å². The lowest BCUT2D eigenvalue weighted by Crippen LogP contribution is -2.30. The number of nitrogens with zero attached hydrogens (tertiary/aromatic N) is 2. The van der Waals surface area contributed by atoms with Crippen LogP contribution < -0.4 is 9.80 Å². The van der Waals surface area contributed by atoms with E-state index in [2.05, 4.69) is 169 Å². The summed E-state index contributed by atoms with van der Waals surface area (Å²) in [7, 11) is 0. The highest BCUT2D eigenvalue weighted by molar-refractivity contribution is 5.78. The first-order valence-corrected chi connectivity index (χ1v) is 23.1. The molecule has 6 heteroatoms. The SMILES string of the molecule is Cc1ccc(N(c2ccc(C)cc2)c2ccc(C3(c4ccc(N(c5ccc(COC6CCCCO6)cc5)c5ccc(COC6CCCCO6)cc5)cc4)CCCCC3)cc2)cc1. The maximum atomic E-state index is 6.14. The van der Waals surface area contributed by atoms with Crippen molar-refractivity contribution in [1.82, 2.24) is 0 Å². The average Bonchev–Trinajstić information content (AvgIpc) is 3.34. The molecule has 6 aromatic carbocycles. The highest BCUT2D eigenvalue weighted by Crippen LogP contribution is 2.47. The lowest BCUT2D eigenvalue weighted by molar-refractivity contribution is -0.169. The fourth-order valence-corrected chi connectivity index (χ4v) is 9.59. The Morgan fingerprint density at radius 1 is 0.419 bits per heavy atom.